The quantitative estimate of drug-likeness (QED) is 0.675. The van der Waals surface area contributed by atoms with Gasteiger partial charge in [0.2, 0.25) is 15.9 Å². The van der Waals surface area contributed by atoms with E-state index in [1.807, 2.05) is 25.1 Å². The number of hydrogen-bond donors (Lipinski definition) is 1. The summed E-state index contributed by atoms with van der Waals surface area (Å²) < 4.78 is 28.1. The molecule has 3 rings (SSSR count). The van der Waals surface area contributed by atoms with Crippen LogP contribution in [0.2, 0.25) is 0 Å². The van der Waals surface area contributed by atoms with Crippen molar-refractivity contribution in [3.05, 3.63) is 57.7 Å². The molecular weight excluding hydrogens is 463 g/mol. The average Bonchev–Trinajstić information content (AvgIpc) is 2.65. The third kappa shape index (κ3) is 4.27. The lowest BCUT2D eigenvalue weighted by molar-refractivity contribution is -0.120. The molecule has 0 radical (unpaired) electrons. The van der Waals surface area contributed by atoms with Crippen LogP contribution in [0.3, 0.4) is 0 Å². The predicted molar refractivity (Wildman–Crippen MR) is 110 cm³/mol. The number of aryl methyl sites for hydroxylation is 1. The van der Waals surface area contributed by atoms with Gasteiger partial charge in [-0.3, -0.25) is 4.79 Å². The van der Waals surface area contributed by atoms with Crippen molar-refractivity contribution in [3.8, 4) is 0 Å². The van der Waals surface area contributed by atoms with Crippen molar-refractivity contribution in [2.45, 2.75) is 24.7 Å². The lowest BCUT2D eigenvalue weighted by Crippen LogP contribution is -2.43. The maximum Gasteiger partial charge on any atom is 0.243 e. The van der Waals surface area contributed by atoms with Gasteiger partial charge >= 0.3 is 0 Å². The summed E-state index contributed by atoms with van der Waals surface area (Å²) in [7, 11) is -3.56. The van der Waals surface area contributed by atoms with Crippen LogP contribution >= 0.6 is 22.6 Å². The summed E-state index contributed by atoms with van der Waals surface area (Å²) in [4.78, 5) is 13.0. The first-order chi connectivity index (χ1) is 12.4. The third-order valence-corrected chi connectivity index (χ3v) is 7.13. The van der Waals surface area contributed by atoms with Gasteiger partial charge in [-0.15, -0.1) is 0 Å². The third-order valence-electron chi connectivity index (χ3n) is 4.58. The van der Waals surface area contributed by atoms with E-state index in [4.69, 9.17) is 0 Å². The van der Waals surface area contributed by atoms with Gasteiger partial charge in [0.05, 0.1) is 10.8 Å². The van der Waals surface area contributed by atoms with Crippen molar-refractivity contribution in [2.75, 3.05) is 18.4 Å². The number of sulfonamides is 1. The number of benzene rings is 2. The molecule has 1 aliphatic heterocycles. The van der Waals surface area contributed by atoms with Crippen LogP contribution in [0.1, 0.15) is 18.4 Å². The highest BCUT2D eigenvalue weighted by Crippen LogP contribution is 2.25. The van der Waals surface area contributed by atoms with Gasteiger partial charge in [-0.2, -0.15) is 4.31 Å². The Morgan fingerprint density at radius 3 is 2.62 bits per heavy atom. The predicted octanol–water partition coefficient (Wildman–Crippen LogP) is 3.64. The molecule has 0 aromatic heterocycles. The molecular formula is C19H21IN2O3S. The van der Waals surface area contributed by atoms with Crippen molar-refractivity contribution in [2.24, 2.45) is 5.92 Å². The van der Waals surface area contributed by atoms with Crippen LogP contribution < -0.4 is 5.32 Å². The standard InChI is InChI=1S/C19H21IN2O3S/c1-14-12-16(20)9-10-18(14)21-19(23)15-6-5-11-22(13-15)26(24,25)17-7-3-2-4-8-17/h2-4,7-10,12,15H,5-6,11,13H2,1H3,(H,21,23). The Labute approximate surface area is 168 Å². The summed E-state index contributed by atoms with van der Waals surface area (Å²) in [5.74, 6) is -0.469. The summed E-state index contributed by atoms with van der Waals surface area (Å²) in [6.45, 7) is 2.61. The first-order valence-corrected chi connectivity index (χ1v) is 11.0. The van der Waals surface area contributed by atoms with E-state index in [-0.39, 0.29) is 23.3 Å². The van der Waals surface area contributed by atoms with Crippen molar-refractivity contribution >= 4 is 44.2 Å². The minimum atomic E-state index is -3.56. The zero-order chi connectivity index (χ0) is 18.7. The van der Waals surface area contributed by atoms with E-state index < -0.39 is 10.0 Å². The number of anilines is 1. The highest BCUT2D eigenvalue weighted by atomic mass is 127. The Hall–Kier alpha value is -1.45. The smallest absolute Gasteiger partial charge is 0.243 e. The van der Waals surface area contributed by atoms with Gasteiger partial charge in [-0.25, -0.2) is 8.42 Å². The summed E-state index contributed by atoms with van der Waals surface area (Å²) in [6, 6.07) is 14.2. The maximum absolute atomic E-state index is 12.8. The Bertz CT molecular complexity index is 900. The van der Waals surface area contributed by atoms with Gasteiger partial charge in [0, 0.05) is 22.3 Å². The van der Waals surface area contributed by atoms with E-state index in [2.05, 4.69) is 27.9 Å². The molecule has 1 amide bonds. The molecule has 2 aromatic rings. The first-order valence-electron chi connectivity index (χ1n) is 8.50. The molecule has 0 spiro atoms. The average molecular weight is 484 g/mol. The second kappa shape index (κ2) is 8.06. The van der Waals surface area contributed by atoms with Crippen LogP contribution in [0.4, 0.5) is 5.69 Å². The zero-order valence-corrected chi connectivity index (χ0v) is 17.5. The van der Waals surface area contributed by atoms with Gasteiger partial charge in [0.15, 0.2) is 0 Å². The summed E-state index contributed by atoms with van der Waals surface area (Å²) in [6.07, 6.45) is 1.37. The molecule has 1 saturated heterocycles. The van der Waals surface area contributed by atoms with Crippen LogP contribution in [0.15, 0.2) is 53.4 Å². The Kier molecular flexibility index (Phi) is 5.99. The van der Waals surface area contributed by atoms with Gasteiger partial charge in [-0.05, 0) is 78.3 Å². The van der Waals surface area contributed by atoms with Crippen LogP contribution in [-0.4, -0.2) is 31.7 Å². The fraction of sp³-hybridized carbons (Fsp3) is 0.316. The topological polar surface area (TPSA) is 66.5 Å². The molecule has 0 saturated carbocycles. The second-order valence-corrected chi connectivity index (χ2v) is 9.65. The van der Waals surface area contributed by atoms with E-state index in [0.29, 0.717) is 19.4 Å². The summed E-state index contributed by atoms with van der Waals surface area (Å²) in [5.41, 5.74) is 1.77. The highest BCUT2D eigenvalue weighted by molar-refractivity contribution is 14.1. The van der Waals surface area contributed by atoms with Crippen LogP contribution in [-0.2, 0) is 14.8 Å². The number of amides is 1. The van der Waals surface area contributed by atoms with E-state index >= 15 is 0 Å². The van der Waals surface area contributed by atoms with E-state index in [9.17, 15) is 13.2 Å². The van der Waals surface area contributed by atoms with Gasteiger partial charge < -0.3 is 5.32 Å². The molecule has 0 bridgehead atoms. The van der Waals surface area contributed by atoms with Crippen LogP contribution in [0, 0.1) is 16.4 Å². The van der Waals surface area contributed by atoms with Gasteiger partial charge in [-0.1, -0.05) is 18.2 Å². The highest BCUT2D eigenvalue weighted by Gasteiger charge is 2.33. The molecule has 1 aliphatic rings. The number of rotatable bonds is 4. The number of piperidine rings is 1. The van der Waals surface area contributed by atoms with Crippen LogP contribution in [0.25, 0.3) is 0 Å². The molecule has 138 valence electrons. The van der Waals surface area contributed by atoms with Crippen molar-refractivity contribution in [1.29, 1.82) is 0 Å². The molecule has 0 aliphatic carbocycles. The molecule has 2 aromatic carbocycles. The number of halogens is 1. The number of carbonyl (C=O) groups is 1. The molecule has 5 nitrogen and oxygen atoms in total. The summed E-state index contributed by atoms with van der Waals surface area (Å²) >= 11 is 2.23. The lowest BCUT2D eigenvalue weighted by atomic mass is 9.98. The zero-order valence-electron chi connectivity index (χ0n) is 14.5. The molecule has 7 heteroatoms. The van der Waals surface area contributed by atoms with Crippen LogP contribution in [0.5, 0.6) is 0 Å². The first kappa shape index (κ1) is 19.3. The fourth-order valence-corrected chi connectivity index (χ4v) is 5.31. The van der Waals surface area contributed by atoms with E-state index in [0.717, 1.165) is 14.8 Å². The fourth-order valence-electron chi connectivity index (χ4n) is 3.12. The lowest BCUT2D eigenvalue weighted by Gasteiger charge is -2.31. The summed E-state index contributed by atoms with van der Waals surface area (Å²) in [5, 5.41) is 2.96. The van der Waals surface area contributed by atoms with Crippen molar-refractivity contribution in [3.63, 3.8) is 0 Å². The number of carbonyl (C=O) groups excluding carboxylic acids is 1. The number of nitrogens with one attached hydrogen (secondary N) is 1. The molecule has 1 heterocycles. The van der Waals surface area contributed by atoms with Gasteiger partial charge in [0.1, 0.15) is 0 Å². The second-order valence-electron chi connectivity index (χ2n) is 6.46. The number of nitrogens with zero attached hydrogens (tertiary/aromatic N) is 1. The van der Waals surface area contributed by atoms with Crippen molar-refractivity contribution in [1.82, 2.24) is 4.31 Å². The van der Waals surface area contributed by atoms with Gasteiger partial charge in [0.25, 0.3) is 0 Å². The monoisotopic (exact) mass is 484 g/mol. The van der Waals surface area contributed by atoms with E-state index in [1.165, 1.54) is 4.31 Å². The Balaban J connectivity index is 1.73. The Morgan fingerprint density at radius 2 is 1.92 bits per heavy atom. The maximum atomic E-state index is 12.8. The minimum absolute atomic E-state index is 0.123. The molecule has 1 fully saturated rings. The molecule has 26 heavy (non-hydrogen) atoms. The SMILES string of the molecule is Cc1cc(I)ccc1NC(=O)C1CCCN(S(=O)(=O)c2ccccc2)C1. The largest absolute Gasteiger partial charge is 0.326 e. The number of hydrogen-bond acceptors (Lipinski definition) is 3. The molecule has 1 unspecified atom stereocenters. The Morgan fingerprint density at radius 1 is 1.19 bits per heavy atom. The van der Waals surface area contributed by atoms with E-state index in [1.54, 1.807) is 30.3 Å². The normalized spacial score (nSPS) is 18.5. The molecule has 1 N–H and O–H groups in total. The minimum Gasteiger partial charge on any atom is -0.326 e. The van der Waals surface area contributed by atoms with Crippen molar-refractivity contribution < 1.29 is 13.2 Å². The molecule has 1 atom stereocenters.